The van der Waals surface area contributed by atoms with Gasteiger partial charge in [0.25, 0.3) is 0 Å². The Balaban J connectivity index is 5.07. The van der Waals surface area contributed by atoms with E-state index >= 15 is 0 Å². The summed E-state index contributed by atoms with van der Waals surface area (Å²) in [5, 5.41) is 33.9. The number of carbonyl (C=O) groups is 4. The number of amides is 2. The Morgan fingerprint density at radius 3 is 1.88 bits per heavy atom. The minimum atomic E-state index is -1.37. The summed E-state index contributed by atoms with van der Waals surface area (Å²) in [5.41, 5.74) is 0. The van der Waals surface area contributed by atoms with Crippen LogP contribution in [0.3, 0.4) is 0 Å². The number of esters is 2. The Hall–Kier alpha value is -2.50. The predicted molar refractivity (Wildman–Crippen MR) is 151 cm³/mol. The van der Waals surface area contributed by atoms with Gasteiger partial charge >= 0.3 is 11.9 Å². The maximum absolute atomic E-state index is 12.8. The fourth-order valence-corrected chi connectivity index (χ4v) is 3.99. The highest BCUT2D eigenvalue weighted by atomic mass is 16.5. The third-order valence-electron chi connectivity index (χ3n) is 6.35. The smallest absolute Gasteiger partial charge is 0.331 e. The molecule has 4 atom stereocenters. The second-order valence-corrected chi connectivity index (χ2v) is 10.0. The van der Waals surface area contributed by atoms with Crippen LogP contribution in [0.15, 0.2) is 12.2 Å². The van der Waals surface area contributed by atoms with Crippen molar-refractivity contribution in [3.63, 3.8) is 0 Å². The van der Waals surface area contributed by atoms with Crippen LogP contribution < -0.4 is 10.6 Å². The van der Waals surface area contributed by atoms with E-state index in [4.69, 9.17) is 4.74 Å². The third-order valence-corrected chi connectivity index (χ3v) is 6.35. The van der Waals surface area contributed by atoms with Crippen molar-refractivity contribution in [2.45, 2.75) is 128 Å². The molecule has 0 spiro atoms. The molecule has 11 heteroatoms. The van der Waals surface area contributed by atoms with Crippen LogP contribution in [0.2, 0.25) is 0 Å². The lowest BCUT2D eigenvalue weighted by atomic mass is 10.1. The van der Waals surface area contributed by atoms with Crippen molar-refractivity contribution in [3.8, 4) is 0 Å². The molecular formula is C29H52N2O9. The van der Waals surface area contributed by atoms with E-state index in [1.54, 1.807) is 6.08 Å². The van der Waals surface area contributed by atoms with Crippen LogP contribution in [0.25, 0.3) is 0 Å². The van der Waals surface area contributed by atoms with Crippen LogP contribution in [-0.4, -0.2) is 83.7 Å². The van der Waals surface area contributed by atoms with E-state index in [0.29, 0.717) is 6.42 Å². The minimum absolute atomic E-state index is 0.192. The lowest BCUT2D eigenvalue weighted by Crippen LogP contribution is -2.47. The average Bonchev–Trinajstić information content (AvgIpc) is 2.93. The normalized spacial score (nSPS) is 14.2. The van der Waals surface area contributed by atoms with Gasteiger partial charge in [-0.1, -0.05) is 77.4 Å². The second kappa shape index (κ2) is 24.3. The first-order valence-electron chi connectivity index (χ1n) is 14.6. The molecular weight excluding hydrogens is 520 g/mol. The predicted octanol–water partition coefficient (Wildman–Crippen LogP) is 2.44. The summed E-state index contributed by atoms with van der Waals surface area (Å²) in [6, 6.07) is -2.63. The molecule has 40 heavy (non-hydrogen) atoms. The summed E-state index contributed by atoms with van der Waals surface area (Å²) >= 11 is 0. The molecule has 2 amide bonds. The SMILES string of the molecule is CCCCCCC=CC[C@H](CC(=O)N[C@@H](CO)C(=O)OC)OC(=O)[C@H](CO)NC(=O)C[C@@H](O)CCCCCCC. The third kappa shape index (κ3) is 18.7. The molecule has 5 N–H and O–H groups in total. The number of hydrogen-bond donors (Lipinski definition) is 5. The van der Waals surface area contributed by atoms with Crippen molar-refractivity contribution in [1.82, 2.24) is 10.6 Å². The molecule has 0 saturated carbocycles. The van der Waals surface area contributed by atoms with Crippen molar-refractivity contribution in [2.75, 3.05) is 20.3 Å². The van der Waals surface area contributed by atoms with Crippen LogP contribution >= 0.6 is 0 Å². The molecule has 232 valence electrons. The van der Waals surface area contributed by atoms with Gasteiger partial charge in [0.1, 0.15) is 6.10 Å². The van der Waals surface area contributed by atoms with Crippen molar-refractivity contribution in [2.24, 2.45) is 0 Å². The Bertz CT molecular complexity index is 745. The lowest BCUT2D eigenvalue weighted by molar-refractivity contribution is -0.156. The number of hydrogen-bond acceptors (Lipinski definition) is 9. The maximum Gasteiger partial charge on any atom is 0.331 e. The number of unbranched alkanes of at least 4 members (excludes halogenated alkanes) is 8. The number of aliphatic hydroxyl groups is 3. The van der Waals surface area contributed by atoms with Gasteiger partial charge in [0.05, 0.1) is 39.3 Å². The molecule has 0 rings (SSSR count). The van der Waals surface area contributed by atoms with E-state index in [9.17, 15) is 34.5 Å². The number of carbonyl (C=O) groups excluding carboxylic acids is 4. The zero-order valence-electron chi connectivity index (χ0n) is 24.6. The van der Waals surface area contributed by atoms with Gasteiger partial charge in [-0.05, 0) is 19.3 Å². The van der Waals surface area contributed by atoms with E-state index in [2.05, 4.69) is 29.2 Å². The zero-order valence-corrected chi connectivity index (χ0v) is 24.6. The van der Waals surface area contributed by atoms with Crippen molar-refractivity contribution in [1.29, 1.82) is 0 Å². The van der Waals surface area contributed by atoms with Gasteiger partial charge in [0, 0.05) is 6.42 Å². The fraction of sp³-hybridized carbons (Fsp3) is 0.793. The number of allylic oxidation sites excluding steroid dienone is 1. The van der Waals surface area contributed by atoms with Crippen LogP contribution in [0.1, 0.15) is 104 Å². The number of rotatable bonds is 24. The van der Waals surface area contributed by atoms with Gasteiger partial charge in [0.15, 0.2) is 12.1 Å². The highest BCUT2D eigenvalue weighted by molar-refractivity contribution is 5.86. The highest BCUT2D eigenvalue weighted by Crippen LogP contribution is 2.12. The maximum atomic E-state index is 12.8. The number of nitrogens with one attached hydrogen (secondary N) is 2. The van der Waals surface area contributed by atoms with Crippen molar-refractivity contribution >= 4 is 23.8 Å². The van der Waals surface area contributed by atoms with Gasteiger partial charge in [-0.25, -0.2) is 9.59 Å². The number of ether oxygens (including phenoxy) is 2. The molecule has 0 aromatic heterocycles. The molecule has 0 aliphatic heterocycles. The largest absolute Gasteiger partial charge is 0.467 e. The first-order valence-corrected chi connectivity index (χ1v) is 14.6. The quantitative estimate of drug-likeness (QED) is 0.0662. The van der Waals surface area contributed by atoms with Crippen LogP contribution in [-0.2, 0) is 28.7 Å². The Morgan fingerprint density at radius 2 is 1.30 bits per heavy atom. The molecule has 0 aliphatic rings. The monoisotopic (exact) mass is 572 g/mol. The summed E-state index contributed by atoms with van der Waals surface area (Å²) in [5.74, 6) is -2.99. The second-order valence-electron chi connectivity index (χ2n) is 10.0. The van der Waals surface area contributed by atoms with Gasteiger partial charge < -0.3 is 35.4 Å². The topological polar surface area (TPSA) is 171 Å². The first kappa shape index (κ1) is 37.5. The van der Waals surface area contributed by atoms with Gasteiger partial charge in [0.2, 0.25) is 11.8 Å². The van der Waals surface area contributed by atoms with Crippen LogP contribution in [0.5, 0.6) is 0 Å². The first-order chi connectivity index (χ1) is 19.2. The summed E-state index contributed by atoms with van der Waals surface area (Å²) in [6.45, 7) is 2.85. The van der Waals surface area contributed by atoms with E-state index in [-0.39, 0.29) is 19.3 Å². The molecule has 11 nitrogen and oxygen atoms in total. The van der Waals surface area contributed by atoms with Crippen LogP contribution in [0.4, 0.5) is 0 Å². The molecule has 0 saturated heterocycles. The van der Waals surface area contributed by atoms with E-state index in [1.165, 1.54) is 0 Å². The van der Waals surface area contributed by atoms with Crippen molar-refractivity contribution in [3.05, 3.63) is 12.2 Å². The Kier molecular flexibility index (Phi) is 22.8. The molecule has 0 unspecified atom stereocenters. The number of aliphatic hydroxyl groups excluding tert-OH is 3. The molecule has 0 fully saturated rings. The molecule has 0 bridgehead atoms. The molecule has 0 heterocycles. The highest BCUT2D eigenvalue weighted by Gasteiger charge is 2.28. The minimum Gasteiger partial charge on any atom is -0.467 e. The lowest BCUT2D eigenvalue weighted by Gasteiger charge is -2.22. The summed E-state index contributed by atoms with van der Waals surface area (Å²) in [7, 11) is 1.13. The van der Waals surface area contributed by atoms with Crippen LogP contribution in [0, 0.1) is 0 Å². The average molecular weight is 573 g/mol. The van der Waals surface area contributed by atoms with Gasteiger partial charge in [-0.3, -0.25) is 9.59 Å². The molecule has 0 aliphatic carbocycles. The van der Waals surface area contributed by atoms with E-state index in [0.717, 1.165) is 71.3 Å². The Labute approximate surface area is 239 Å². The molecule has 0 radical (unpaired) electrons. The molecule has 0 aromatic rings. The summed E-state index contributed by atoms with van der Waals surface area (Å²) in [6.07, 6.45) is 12.3. The molecule has 0 aromatic carbocycles. The number of methoxy groups -OCH3 is 1. The van der Waals surface area contributed by atoms with Crippen molar-refractivity contribution < 1.29 is 44.0 Å². The standard InChI is InChI=1S/C29H52N2O9/c1-4-6-8-10-11-13-15-17-23(19-27(36)30-24(20-32)28(37)39-3)40-29(38)25(21-33)31-26(35)18-22(34)16-14-12-9-7-5-2/h13,15,22-25,32-34H,4-12,14,16-21H2,1-3H3,(H,30,36)(H,31,35)/t22-,23+,24-,25-/m0/s1. The summed E-state index contributed by atoms with van der Waals surface area (Å²) in [4.78, 5) is 49.3. The summed E-state index contributed by atoms with van der Waals surface area (Å²) < 4.78 is 10.0. The van der Waals surface area contributed by atoms with E-state index in [1.807, 2.05) is 6.08 Å². The zero-order chi connectivity index (χ0) is 30.2. The van der Waals surface area contributed by atoms with Gasteiger partial charge in [-0.2, -0.15) is 0 Å². The Morgan fingerprint density at radius 1 is 0.750 bits per heavy atom. The van der Waals surface area contributed by atoms with E-state index < -0.39 is 61.3 Å². The fourth-order valence-electron chi connectivity index (χ4n) is 3.99. The van der Waals surface area contributed by atoms with Gasteiger partial charge in [-0.15, -0.1) is 0 Å².